The summed E-state index contributed by atoms with van der Waals surface area (Å²) in [5.41, 5.74) is -0.388. The topological polar surface area (TPSA) is 29.5 Å². The van der Waals surface area contributed by atoms with Gasteiger partial charge in [0, 0.05) is 12.6 Å². The van der Waals surface area contributed by atoms with E-state index in [1.807, 2.05) is 25.7 Å². The minimum Gasteiger partial charge on any atom is -0.444 e. The van der Waals surface area contributed by atoms with Gasteiger partial charge in [0.1, 0.15) is 5.60 Å². The van der Waals surface area contributed by atoms with Crippen molar-refractivity contribution in [2.75, 3.05) is 6.54 Å². The van der Waals surface area contributed by atoms with Crippen LogP contribution in [0.25, 0.3) is 0 Å². The third kappa shape index (κ3) is 3.40. The van der Waals surface area contributed by atoms with Crippen LogP contribution in [0.3, 0.4) is 0 Å². The molecule has 0 bridgehead atoms. The molecule has 3 nitrogen and oxygen atoms in total. The predicted octanol–water partition coefficient (Wildman–Crippen LogP) is 3.04. The molecule has 88 valence electrons. The standard InChI is InChI=1S/C12H23NO2/c1-6-10-7-9(2)8-13(10)11(14)15-12(3,4)5/h9-10H,6-8H2,1-5H3/t9-,10-/m1/s1. The molecular formula is C12H23NO2. The van der Waals surface area contributed by atoms with Gasteiger partial charge in [-0.3, -0.25) is 0 Å². The summed E-state index contributed by atoms with van der Waals surface area (Å²) in [7, 11) is 0. The van der Waals surface area contributed by atoms with Crippen LogP contribution >= 0.6 is 0 Å². The maximum absolute atomic E-state index is 11.9. The predicted molar refractivity (Wildman–Crippen MR) is 60.8 cm³/mol. The van der Waals surface area contributed by atoms with Crippen molar-refractivity contribution in [1.82, 2.24) is 4.90 Å². The van der Waals surface area contributed by atoms with Crippen molar-refractivity contribution < 1.29 is 9.53 Å². The second-order valence-electron chi connectivity index (χ2n) is 5.54. The monoisotopic (exact) mass is 213 g/mol. The normalized spacial score (nSPS) is 26.9. The zero-order valence-corrected chi connectivity index (χ0v) is 10.5. The lowest BCUT2D eigenvalue weighted by Gasteiger charge is -2.28. The first-order chi connectivity index (χ1) is 6.83. The van der Waals surface area contributed by atoms with E-state index in [0.717, 1.165) is 19.4 Å². The van der Waals surface area contributed by atoms with Crippen LogP contribution in [-0.2, 0) is 4.74 Å². The van der Waals surface area contributed by atoms with Crippen molar-refractivity contribution in [1.29, 1.82) is 0 Å². The molecule has 0 aromatic rings. The van der Waals surface area contributed by atoms with Crippen molar-refractivity contribution >= 4 is 6.09 Å². The van der Waals surface area contributed by atoms with E-state index in [0.29, 0.717) is 12.0 Å². The summed E-state index contributed by atoms with van der Waals surface area (Å²) >= 11 is 0. The van der Waals surface area contributed by atoms with Crippen LogP contribution in [0.1, 0.15) is 47.5 Å². The molecule has 1 aliphatic heterocycles. The van der Waals surface area contributed by atoms with Gasteiger partial charge in [-0.05, 0) is 39.5 Å². The summed E-state index contributed by atoms with van der Waals surface area (Å²) in [6.07, 6.45) is 1.97. The molecule has 0 N–H and O–H groups in total. The quantitative estimate of drug-likeness (QED) is 0.670. The summed E-state index contributed by atoms with van der Waals surface area (Å²) in [5, 5.41) is 0. The first kappa shape index (κ1) is 12.3. The lowest BCUT2D eigenvalue weighted by atomic mass is 10.1. The smallest absolute Gasteiger partial charge is 0.410 e. The van der Waals surface area contributed by atoms with Crippen molar-refractivity contribution in [3.8, 4) is 0 Å². The zero-order chi connectivity index (χ0) is 11.6. The van der Waals surface area contributed by atoms with Gasteiger partial charge in [0.15, 0.2) is 0 Å². The average molecular weight is 213 g/mol. The molecule has 15 heavy (non-hydrogen) atoms. The van der Waals surface area contributed by atoms with E-state index >= 15 is 0 Å². The Balaban J connectivity index is 2.59. The number of likely N-dealkylation sites (tertiary alicyclic amines) is 1. The van der Waals surface area contributed by atoms with Crippen LogP contribution in [0.4, 0.5) is 4.79 Å². The molecule has 0 aromatic heterocycles. The van der Waals surface area contributed by atoms with E-state index in [1.165, 1.54) is 0 Å². The molecule has 0 spiro atoms. The molecule has 1 aliphatic rings. The highest BCUT2D eigenvalue weighted by atomic mass is 16.6. The lowest BCUT2D eigenvalue weighted by molar-refractivity contribution is 0.0219. The average Bonchev–Trinajstić information content (AvgIpc) is 2.43. The van der Waals surface area contributed by atoms with E-state index < -0.39 is 0 Å². The van der Waals surface area contributed by atoms with Crippen molar-refractivity contribution in [2.24, 2.45) is 5.92 Å². The maximum Gasteiger partial charge on any atom is 0.410 e. The number of carbonyl (C=O) groups is 1. The minimum absolute atomic E-state index is 0.154. The van der Waals surface area contributed by atoms with Crippen LogP contribution in [0.5, 0.6) is 0 Å². The number of hydrogen-bond acceptors (Lipinski definition) is 2. The van der Waals surface area contributed by atoms with Gasteiger partial charge in [0.05, 0.1) is 0 Å². The summed E-state index contributed by atoms with van der Waals surface area (Å²) in [4.78, 5) is 13.8. The molecule has 0 unspecified atom stereocenters. The third-order valence-corrected chi connectivity index (χ3v) is 2.72. The van der Waals surface area contributed by atoms with Gasteiger partial charge in [0.25, 0.3) is 0 Å². The minimum atomic E-state index is -0.388. The van der Waals surface area contributed by atoms with E-state index in [9.17, 15) is 4.79 Å². The molecule has 1 heterocycles. The maximum atomic E-state index is 11.9. The molecular weight excluding hydrogens is 190 g/mol. The number of hydrogen-bond donors (Lipinski definition) is 0. The highest BCUT2D eigenvalue weighted by Crippen LogP contribution is 2.26. The molecule has 1 fully saturated rings. The molecule has 0 saturated carbocycles. The van der Waals surface area contributed by atoms with E-state index in [4.69, 9.17) is 4.74 Å². The zero-order valence-electron chi connectivity index (χ0n) is 10.5. The van der Waals surface area contributed by atoms with Gasteiger partial charge in [-0.15, -0.1) is 0 Å². The number of amides is 1. The number of ether oxygens (including phenoxy) is 1. The summed E-state index contributed by atoms with van der Waals surface area (Å²) < 4.78 is 5.39. The van der Waals surface area contributed by atoms with Crippen molar-refractivity contribution in [2.45, 2.75) is 59.1 Å². The van der Waals surface area contributed by atoms with E-state index in [1.54, 1.807) is 0 Å². The van der Waals surface area contributed by atoms with Gasteiger partial charge in [0.2, 0.25) is 0 Å². The first-order valence-electron chi connectivity index (χ1n) is 5.83. The van der Waals surface area contributed by atoms with Gasteiger partial charge < -0.3 is 9.64 Å². The van der Waals surface area contributed by atoms with E-state index in [-0.39, 0.29) is 11.7 Å². The first-order valence-corrected chi connectivity index (χ1v) is 5.83. The third-order valence-electron chi connectivity index (χ3n) is 2.72. The fraction of sp³-hybridized carbons (Fsp3) is 0.917. The van der Waals surface area contributed by atoms with Crippen LogP contribution in [-0.4, -0.2) is 29.2 Å². The second kappa shape index (κ2) is 4.42. The number of nitrogens with zero attached hydrogens (tertiary/aromatic N) is 1. The van der Waals surface area contributed by atoms with Crippen LogP contribution < -0.4 is 0 Å². The Morgan fingerprint density at radius 1 is 1.47 bits per heavy atom. The Labute approximate surface area is 92.8 Å². The summed E-state index contributed by atoms with van der Waals surface area (Å²) in [6, 6.07) is 0.370. The SMILES string of the molecule is CC[C@@H]1C[C@@H](C)CN1C(=O)OC(C)(C)C. The Kier molecular flexibility index (Phi) is 3.63. The van der Waals surface area contributed by atoms with Gasteiger partial charge in [-0.2, -0.15) is 0 Å². The summed E-state index contributed by atoms with van der Waals surface area (Å²) in [5.74, 6) is 0.600. The van der Waals surface area contributed by atoms with Crippen LogP contribution in [0, 0.1) is 5.92 Å². The van der Waals surface area contributed by atoms with Gasteiger partial charge >= 0.3 is 6.09 Å². The molecule has 0 aliphatic carbocycles. The Bertz CT molecular complexity index is 232. The van der Waals surface area contributed by atoms with E-state index in [2.05, 4.69) is 13.8 Å². The van der Waals surface area contributed by atoms with Crippen LogP contribution in [0.2, 0.25) is 0 Å². The van der Waals surface area contributed by atoms with Crippen molar-refractivity contribution in [3.05, 3.63) is 0 Å². The number of rotatable bonds is 1. The summed E-state index contributed by atoms with van der Waals surface area (Å²) in [6.45, 7) is 10.9. The largest absolute Gasteiger partial charge is 0.444 e. The molecule has 1 amide bonds. The molecule has 0 aromatic carbocycles. The van der Waals surface area contributed by atoms with Crippen molar-refractivity contribution in [3.63, 3.8) is 0 Å². The van der Waals surface area contributed by atoms with Gasteiger partial charge in [-0.1, -0.05) is 13.8 Å². The molecule has 2 atom stereocenters. The highest BCUT2D eigenvalue weighted by Gasteiger charge is 2.34. The second-order valence-corrected chi connectivity index (χ2v) is 5.54. The molecule has 3 heteroatoms. The number of carbonyl (C=O) groups excluding carboxylic acids is 1. The lowest BCUT2D eigenvalue weighted by Crippen LogP contribution is -2.39. The highest BCUT2D eigenvalue weighted by molar-refractivity contribution is 5.69. The molecule has 1 rings (SSSR count). The Morgan fingerprint density at radius 2 is 2.07 bits per heavy atom. The van der Waals surface area contributed by atoms with Crippen LogP contribution in [0.15, 0.2) is 0 Å². The molecule has 0 radical (unpaired) electrons. The fourth-order valence-electron chi connectivity index (χ4n) is 2.08. The Morgan fingerprint density at radius 3 is 2.53 bits per heavy atom. The fourth-order valence-corrected chi connectivity index (χ4v) is 2.08. The molecule has 1 saturated heterocycles. The Hall–Kier alpha value is -0.730. The van der Waals surface area contributed by atoms with Gasteiger partial charge in [-0.25, -0.2) is 4.79 Å².